The van der Waals surface area contributed by atoms with Crippen molar-refractivity contribution in [1.82, 2.24) is 0 Å². The van der Waals surface area contributed by atoms with Crippen LogP contribution in [0.1, 0.15) is 43.9 Å². The fourth-order valence-electron chi connectivity index (χ4n) is 3.20. The molecule has 2 aliphatic rings. The minimum absolute atomic E-state index is 0.143. The third-order valence-corrected chi connectivity index (χ3v) is 4.62. The summed E-state index contributed by atoms with van der Waals surface area (Å²) in [6, 6.07) is 6.34. The second kappa shape index (κ2) is 5.84. The van der Waals surface area contributed by atoms with Crippen LogP contribution in [0.15, 0.2) is 23.2 Å². The maximum Gasteiger partial charge on any atom is 0.149 e. The molecule has 0 aromatic heterocycles. The lowest BCUT2D eigenvalue weighted by molar-refractivity contribution is -0.123. The number of nitrogens with zero attached hydrogens (tertiary/aromatic N) is 2. The zero-order chi connectivity index (χ0) is 17.5. The molecule has 6 nitrogen and oxygen atoms in total. The number of aldehydes is 1. The highest BCUT2D eigenvalue weighted by molar-refractivity contribution is 6.20. The number of benzene rings is 1. The van der Waals surface area contributed by atoms with Crippen molar-refractivity contribution in [3.8, 4) is 11.8 Å². The molecular weight excluding hydrogens is 308 g/mol. The highest BCUT2D eigenvalue weighted by Gasteiger charge is 2.44. The van der Waals surface area contributed by atoms with E-state index in [1.807, 2.05) is 0 Å². The molecule has 0 amide bonds. The number of fused-ring (bicyclic) bond motifs is 1. The smallest absolute Gasteiger partial charge is 0.149 e. The molecular formula is C18H18N2O4. The molecule has 0 bridgehead atoms. The summed E-state index contributed by atoms with van der Waals surface area (Å²) < 4.78 is 5.83. The van der Waals surface area contributed by atoms with Crippen LogP contribution in [0.4, 0.5) is 0 Å². The Morgan fingerprint density at radius 3 is 2.83 bits per heavy atom. The van der Waals surface area contributed by atoms with Crippen molar-refractivity contribution in [3.05, 3.63) is 29.3 Å². The van der Waals surface area contributed by atoms with E-state index in [1.165, 1.54) is 0 Å². The molecule has 1 saturated carbocycles. The van der Waals surface area contributed by atoms with Crippen LogP contribution in [0.25, 0.3) is 0 Å². The first kappa shape index (κ1) is 16.3. The largest absolute Gasteiger partial charge is 0.485 e. The fourth-order valence-corrected chi connectivity index (χ4v) is 3.20. The van der Waals surface area contributed by atoms with Crippen molar-refractivity contribution >= 4 is 17.8 Å². The molecule has 0 saturated heterocycles. The van der Waals surface area contributed by atoms with Gasteiger partial charge in [-0.05, 0) is 38.5 Å². The number of carbonyl (C=O) groups is 2. The Morgan fingerprint density at radius 1 is 1.42 bits per heavy atom. The van der Waals surface area contributed by atoms with Crippen molar-refractivity contribution in [2.45, 2.75) is 44.4 Å². The maximum atomic E-state index is 11.8. The van der Waals surface area contributed by atoms with Gasteiger partial charge in [0, 0.05) is 17.7 Å². The van der Waals surface area contributed by atoms with Crippen molar-refractivity contribution < 1.29 is 19.4 Å². The summed E-state index contributed by atoms with van der Waals surface area (Å²) in [5.74, 6) is -0.424. The number of aliphatic hydroxyl groups excluding tert-OH is 1. The first-order valence-corrected chi connectivity index (χ1v) is 7.83. The highest BCUT2D eigenvalue weighted by Crippen LogP contribution is 2.43. The lowest BCUT2D eigenvalue weighted by atomic mass is 9.86. The number of ether oxygens (including phenoxy) is 1. The van der Waals surface area contributed by atoms with Gasteiger partial charge in [-0.15, -0.1) is 0 Å². The van der Waals surface area contributed by atoms with Crippen LogP contribution in [0.5, 0.6) is 5.75 Å². The average Bonchev–Trinajstić information content (AvgIpc) is 2.91. The lowest BCUT2D eigenvalue weighted by Crippen LogP contribution is -2.48. The van der Waals surface area contributed by atoms with Crippen molar-refractivity contribution in [2.75, 3.05) is 0 Å². The zero-order valence-corrected chi connectivity index (χ0v) is 13.5. The monoisotopic (exact) mass is 326 g/mol. The number of Topliss-reactive ketones (excluding diaryl/α,β-unsaturated/α-hetero) is 1. The Balaban J connectivity index is 2.10. The summed E-state index contributed by atoms with van der Waals surface area (Å²) in [7, 11) is 0. The molecule has 24 heavy (non-hydrogen) atoms. The molecule has 1 aliphatic carbocycles. The molecule has 1 aliphatic heterocycles. The zero-order valence-electron chi connectivity index (χ0n) is 13.5. The topological polar surface area (TPSA) is 99.8 Å². The van der Waals surface area contributed by atoms with Crippen LogP contribution in [-0.4, -0.2) is 34.6 Å². The number of hydrogen-bond acceptors (Lipinski definition) is 6. The summed E-state index contributed by atoms with van der Waals surface area (Å²) >= 11 is 0. The molecule has 1 N–H and O–H groups in total. The number of rotatable bonds is 2. The van der Waals surface area contributed by atoms with Gasteiger partial charge in [-0.2, -0.15) is 5.26 Å². The van der Waals surface area contributed by atoms with Gasteiger partial charge in [0.15, 0.2) is 0 Å². The van der Waals surface area contributed by atoms with E-state index in [-0.39, 0.29) is 12.2 Å². The van der Waals surface area contributed by atoms with Gasteiger partial charge >= 0.3 is 0 Å². The molecule has 0 spiro atoms. The van der Waals surface area contributed by atoms with Gasteiger partial charge in [0.05, 0.1) is 11.6 Å². The molecule has 3 rings (SSSR count). The summed E-state index contributed by atoms with van der Waals surface area (Å²) in [6.07, 6.45) is 0.350. The molecule has 3 atom stereocenters. The van der Waals surface area contributed by atoms with Crippen LogP contribution in [-0.2, 0) is 9.59 Å². The SMILES string of the molecule is CC1(C)Oc2ccc(C#N)cc2[C@H](N=C2CCC(=O)C2C=O)[C@H]1O. The van der Waals surface area contributed by atoms with Crippen LogP contribution in [0, 0.1) is 17.2 Å². The Morgan fingerprint density at radius 2 is 2.17 bits per heavy atom. The third kappa shape index (κ3) is 2.61. The summed E-state index contributed by atoms with van der Waals surface area (Å²) in [5, 5.41) is 19.8. The predicted octanol–water partition coefficient (Wildman–Crippen LogP) is 1.75. The number of hydrogen-bond donors (Lipinski definition) is 1. The van der Waals surface area contributed by atoms with E-state index in [4.69, 9.17) is 10.00 Å². The van der Waals surface area contributed by atoms with E-state index in [0.717, 1.165) is 0 Å². The van der Waals surface area contributed by atoms with Gasteiger partial charge in [-0.1, -0.05) is 0 Å². The van der Waals surface area contributed by atoms with Gasteiger partial charge in [-0.25, -0.2) is 0 Å². The van der Waals surface area contributed by atoms with Gasteiger partial charge in [-0.3, -0.25) is 9.79 Å². The molecule has 124 valence electrons. The normalized spacial score (nSPS) is 29.7. The van der Waals surface area contributed by atoms with Crippen LogP contribution in [0.3, 0.4) is 0 Å². The highest BCUT2D eigenvalue weighted by atomic mass is 16.5. The lowest BCUT2D eigenvalue weighted by Gasteiger charge is -2.40. The van der Waals surface area contributed by atoms with Crippen LogP contribution < -0.4 is 4.74 Å². The second-order valence-corrected chi connectivity index (χ2v) is 6.66. The van der Waals surface area contributed by atoms with Crippen molar-refractivity contribution in [3.63, 3.8) is 0 Å². The van der Waals surface area contributed by atoms with Gasteiger partial charge < -0.3 is 14.6 Å². The van der Waals surface area contributed by atoms with Crippen LogP contribution >= 0.6 is 0 Å². The van der Waals surface area contributed by atoms with Gasteiger partial charge in [0.25, 0.3) is 0 Å². The second-order valence-electron chi connectivity index (χ2n) is 6.66. The number of nitriles is 1. The third-order valence-electron chi connectivity index (χ3n) is 4.62. The van der Waals surface area contributed by atoms with E-state index in [0.29, 0.717) is 35.3 Å². The Hall–Kier alpha value is -2.52. The van der Waals surface area contributed by atoms with Gasteiger partial charge in [0.2, 0.25) is 0 Å². The molecule has 1 heterocycles. The van der Waals surface area contributed by atoms with E-state index in [9.17, 15) is 14.7 Å². The Labute approximate surface area is 139 Å². The first-order chi connectivity index (χ1) is 11.4. The Kier molecular flexibility index (Phi) is 3.98. The standard InChI is InChI=1S/C18H18N2O4/c1-18(2)17(23)16(20-13-4-5-14(22)12(13)9-21)11-7-10(8-19)3-6-15(11)24-18/h3,6-7,9,12,16-17,23H,4-5H2,1-2H3/t12?,16-,17+/m0/s1. The fraction of sp³-hybridized carbons (Fsp3) is 0.444. The first-order valence-electron chi connectivity index (χ1n) is 7.83. The minimum atomic E-state index is -0.963. The quantitative estimate of drug-likeness (QED) is 0.659. The van der Waals surface area contributed by atoms with Gasteiger partial charge in [0.1, 0.15) is 41.5 Å². The van der Waals surface area contributed by atoms with E-state index < -0.39 is 23.7 Å². The molecule has 6 heteroatoms. The Bertz CT molecular complexity index is 776. The summed E-state index contributed by atoms with van der Waals surface area (Å²) in [5.41, 5.74) is 0.640. The van der Waals surface area contributed by atoms with E-state index in [1.54, 1.807) is 32.0 Å². The molecule has 1 unspecified atom stereocenters. The molecule has 1 aromatic carbocycles. The molecule has 0 radical (unpaired) electrons. The van der Waals surface area contributed by atoms with E-state index >= 15 is 0 Å². The predicted molar refractivity (Wildman–Crippen MR) is 85.8 cm³/mol. The number of aliphatic imine (C=N–C) groups is 1. The summed E-state index contributed by atoms with van der Waals surface area (Å²) in [4.78, 5) is 27.5. The minimum Gasteiger partial charge on any atom is -0.485 e. The number of aliphatic hydroxyl groups is 1. The summed E-state index contributed by atoms with van der Waals surface area (Å²) in [6.45, 7) is 3.51. The maximum absolute atomic E-state index is 11.8. The molecule has 1 aromatic rings. The van der Waals surface area contributed by atoms with Crippen molar-refractivity contribution in [1.29, 1.82) is 5.26 Å². The van der Waals surface area contributed by atoms with E-state index in [2.05, 4.69) is 11.1 Å². The number of carbonyl (C=O) groups excluding carboxylic acids is 2. The van der Waals surface area contributed by atoms with Crippen molar-refractivity contribution in [2.24, 2.45) is 10.9 Å². The molecule has 1 fully saturated rings. The number of ketones is 1. The van der Waals surface area contributed by atoms with Crippen LogP contribution in [0.2, 0.25) is 0 Å². The average molecular weight is 326 g/mol.